The standard InChI is InChI=1S/C29H29NO6/c1-3-7-22-12-15-25(16-27(22)35-19-28(31)32)33-17-21-10-13-24(14-11-21)34-18-26-20(2)36-29(30-26)23-8-5-4-6-9-23/h4-6,8-16H,3,7,17-19H2,1-2H3,(H,31,32). The Kier molecular flexibility index (Phi) is 8.24. The Hall–Kier alpha value is -4.26. The van der Waals surface area contributed by atoms with Crippen LogP contribution in [0.4, 0.5) is 0 Å². The van der Waals surface area contributed by atoms with Gasteiger partial charge in [-0.15, -0.1) is 0 Å². The Bertz CT molecular complexity index is 1280. The Labute approximate surface area is 210 Å². The molecule has 7 nitrogen and oxygen atoms in total. The molecule has 1 aromatic heterocycles. The van der Waals surface area contributed by atoms with Gasteiger partial charge < -0.3 is 23.7 Å². The average molecular weight is 488 g/mol. The molecule has 1 N–H and O–H groups in total. The first-order chi connectivity index (χ1) is 17.5. The van der Waals surface area contributed by atoms with Crippen molar-refractivity contribution in [1.29, 1.82) is 0 Å². The molecular weight excluding hydrogens is 458 g/mol. The second-order valence-electron chi connectivity index (χ2n) is 8.31. The molecule has 1 heterocycles. The molecule has 0 aliphatic heterocycles. The van der Waals surface area contributed by atoms with Crippen molar-refractivity contribution < 1.29 is 28.5 Å². The van der Waals surface area contributed by atoms with E-state index in [1.165, 1.54) is 0 Å². The van der Waals surface area contributed by atoms with Crippen molar-refractivity contribution in [2.24, 2.45) is 0 Å². The zero-order valence-electron chi connectivity index (χ0n) is 20.4. The summed E-state index contributed by atoms with van der Waals surface area (Å²) in [5.41, 5.74) is 3.62. The molecule has 0 aliphatic carbocycles. The number of nitrogens with zero attached hydrogens (tertiary/aromatic N) is 1. The highest BCUT2D eigenvalue weighted by Crippen LogP contribution is 2.27. The molecule has 36 heavy (non-hydrogen) atoms. The highest BCUT2D eigenvalue weighted by Gasteiger charge is 2.12. The summed E-state index contributed by atoms with van der Waals surface area (Å²) in [6.45, 7) is 4.22. The van der Waals surface area contributed by atoms with Crippen LogP contribution in [-0.2, 0) is 24.4 Å². The zero-order valence-corrected chi connectivity index (χ0v) is 20.4. The van der Waals surface area contributed by atoms with E-state index in [0.717, 1.165) is 46.7 Å². The van der Waals surface area contributed by atoms with Crippen molar-refractivity contribution in [3.63, 3.8) is 0 Å². The highest BCUT2D eigenvalue weighted by molar-refractivity contribution is 5.68. The van der Waals surface area contributed by atoms with Gasteiger partial charge in [0.1, 0.15) is 41.9 Å². The Morgan fingerprint density at radius 3 is 2.36 bits per heavy atom. The van der Waals surface area contributed by atoms with Gasteiger partial charge in [-0.05, 0) is 54.8 Å². The summed E-state index contributed by atoms with van der Waals surface area (Å²) < 4.78 is 23.1. The van der Waals surface area contributed by atoms with Gasteiger partial charge in [-0.25, -0.2) is 9.78 Å². The van der Waals surface area contributed by atoms with Crippen LogP contribution in [0.3, 0.4) is 0 Å². The maximum absolute atomic E-state index is 10.9. The third-order valence-corrected chi connectivity index (χ3v) is 5.53. The van der Waals surface area contributed by atoms with E-state index in [2.05, 4.69) is 11.9 Å². The summed E-state index contributed by atoms with van der Waals surface area (Å²) in [5.74, 6) is 2.18. The largest absolute Gasteiger partial charge is 0.489 e. The van der Waals surface area contributed by atoms with E-state index in [1.807, 2.05) is 73.7 Å². The van der Waals surface area contributed by atoms with Crippen LogP contribution in [0.2, 0.25) is 0 Å². The van der Waals surface area contributed by atoms with Gasteiger partial charge in [0.2, 0.25) is 5.89 Å². The molecule has 0 atom stereocenters. The number of ether oxygens (including phenoxy) is 3. The first-order valence-corrected chi connectivity index (χ1v) is 11.9. The number of hydrogen-bond acceptors (Lipinski definition) is 6. The lowest BCUT2D eigenvalue weighted by Gasteiger charge is -2.13. The summed E-state index contributed by atoms with van der Waals surface area (Å²) >= 11 is 0. The molecule has 0 amide bonds. The molecule has 7 heteroatoms. The quantitative estimate of drug-likeness (QED) is 0.253. The number of carbonyl (C=O) groups is 1. The minimum Gasteiger partial charge on any atom is -0.489 e. The van der Waals surface area contributed by atoms with Crippen LogP contribution < -0.4 is 14.2 Å². The van der Waals surface area contributed by atoms with Gasteiger partial charge in [0.15, 0.2) is 6.61 Å². The normalized spacial score (nSPS) is 10.7. The fourth-order valence-electron chi connectivity index (χ4n) is 3.64. The van der Waals surface area contributed by atoms with E-state index >= 15 is 0 Å². The lowest BCUT2D eigenvalue weighted by atomic mass is 10.1. The molecule has 0 saturated carbocycles. The molecule has 0 aliphatic rings. The second kappa shape index (κ2) is 11.9. The third-order valence-electron chi connectivity index (χ3n) is 5.53. The lowest BCUT2D eigenvalue weighted by Crippen LogP contribution is -2.10. The topological polar surface area (TPSA) is 91.0 Å². The molecule has 0 saturated heterocycles. The predicted molar refractivity (Wildman–Crippen MR) is 135 cm³/mol. The van der Waals surface area contributed by atoms with Gasteiger partial charge in [-0.1, -0.05) is 49.7 Å². The molecule has 186 valence electrons. The number of oxazole rings is 1. The van der Waals surface area contributed by atoms with Crippen LogP contribution in [0.5, 0.6) is 17.2 Å². The van der Waals surface area contributed by atoms with Crippen LogP contribution >= 0.6 is 0 Å². The van der Waals surface area contributed by atoms with Crippen molar-refractivity contribution in [3.05, 3.63) is 95.4 Å². The molecule has 4 rings (SSSR count). The zero-order chi connectivity index (χ0) is 25.3. The van der Waals surface area contributed by atoms with Gasteiger partial charge in [-0.3, -0.25) is 0 Å². The van der Waals surface area contributed by atoms with Gasteiger partial charge in [-0.2, -0.15) is 0 Å². The van der Waals surface area contributed by atoms with Crippen LogP contribution in [0, 0.1) is 6.92 Å². The minimum absolute atomic E-state index is 0.307. The number of aromatic nitrogens is 1. The first-order valence-electron chi connectivity index (χ1n) is 11.9. The van der Waals surface area contributed by atoms with Crippen molar-refractivity contribution >= 4 is 5.97 Å². The smallest absolute Gasteiger partial charge is 0.341 e. The van der Waals surface area contributed by atoms with Crippen molar-refractivity contribution in [3.8, 4) is 28.7 Å². The maximum atomic E-state index is 10.9. The molecule has 0 fully saturated rings. The molecule has 0 spiro atoms. The Balaban J connectivity index is 1.33. The Morgan fingerprint density at radius 2 is 1.64 bits per heavy atom. The van der Waals surface area contributed by atoms with Gasteiger partial charge in [0.05, 0.1) is 0 Å². The van der Waals surface area contributed by atoms with E-state index in [-0.39, 0.29) is 6.61 Å². The van der Waals surface area contributed by atoms with Crippen LogP contribution in [0.15, 0.2) is 77.2 Å². The van der Waals surface area contributed by atoms with Gasteiger partial charge in [0.25, 0.3) is 0 Å². The number of benzene rings is 3. The van der Waals surface area contributed by atoms with Crippen molar-refractivity contribution in [2.75, 3.05) is 6.61 Å². The summed E-state index contributed by atoms with van der Waals surface area (Å²) in [7, 11) is 0. The second-order valence-corrected chi connectivity index (χ2v) is 8.31. The fraction of sp³-hybridized carbons (Fsp3) is 0.241. The first kappa shape index (κ1) is 24.9. The van der Waals surface area contributed by atoms with Crippen molar-refractivity contribution in [2.45, 2.75) is 39.9 Å². The van der Waals surface area contributed by atoms with Crippen molar-refractivity contribution in [1.82, 2.24) is 4.98 Å². The van der Waals surface area contributed by atoms with Crippen LogP contribution in [0.1, 0.15) is 35.9 Å². The number of aryl methyl sites for hydroxylation is 2. The van der Waals surface area contributed by atoms with Crippen LogP contribution in [0.25, 0.3) is 11.5 Å². The predicted octanol–water partition coefficient (Wildman–Crippen LogP) is 6.22. The van der Waals surface area contributed by atoms with E-state index in [4.69, 9.17) is 23.7 Å². The summed E-state index contributed by atoms with van der Waals surface area (Å²) in [5, 5.41) is 8.93. The van der Waals surface area contributed by atoms with Crippen LogP contribution in [-0.4, -0.2) is 22.7 Å². The number of aliphatic carboxylic acids is 1. The van der Waals surface area contributed by atoms with Gasteiger partial charge >= 0.3 is 5.97 Å². The summed E-state index contributed by atoms with van der Waals surface area (Å²) in [6, 6.07) is 23.0. The fourth-order valence-corrected chi connectivity index (χ4v) is 3.64. The molecule has 0 bridgehead atoms. The molecule has 3 aromatic carbocycles. The SMILES string of the molecule is CCCc1ccc(OCc2ccc(OCc3nc(-c4ccccc4)oc3C)cc2)cc1OCC(=O)O. The van der Waals surface area contributed by atoms with Gasteiger partial charge in [0, 0.05) is 11.6 Å². The number of hydrogen-bond donors (Lipinski definition) is 1. The number of carboxylic acid groups (broad SMARTS) is 1. The maximum Gasteiger partial charge on any atom is 0.341 e. The van der Waals surface area contributed by atoms with E-state index < -0.39 is 5.97 Å². The highest BCUT2D eigenvalue weighted by atomic mass is 16.5. The summed E-state index contributed by atoms with van der Waals surface area (Å²) in [6.07, 6.45) is 1.74. The average Bonchev–Trinajstić information content (AvgIpc) is 3.27. The molecular formula is C29H29NO6. The third kappa shape index (κ3) is 6.66. The van der Waals surface area contributed by atoms with E-state index in [0.29, 0.717) is 30.6 Å². The minimum atomic E-state index is -1.01. The number of rotatable bonds is 12. The number of carboxylic acids is 1. The molecule has 0 unspecified atom stereocenters. The van der Waals surface area contributed by atoms with E-state index in [1.54, 1.807) is 6.07 Å². The summed E-state index contributed by atoms with van der Waals surface area (Å²) in [4.78, 5) is 15.5. The monoisotopic (exact) mass is 487 g/mol. The molecule has 0 radical (unpaired) electrons. The lowest BCUT2D eigenvalue weighted by molar-refractivity contribution is -0.139. The van der Waals surface area contributed by atoms with E-state index in [9.17, 15) is 4.79 Å². The molecule has 4 aromatic rings. The Morgan fingerprint density at radius 1 is 0.917 bits per heavy atom.